The molecule has 0 unspecified atom stereocenters. The van der Waals surface area contributed by atoms with Gasteiger partial charge in [0.25, 0.3) is 0 Å². The average molecular weight is 381 g/mol. The molecule has 1 aromatic heterocycles. The summed E-state index contributed by atoms with van der Waals surface area (Å²) in [5.74, 6) is 0.838. The van der Waals surface area contributed by atoms with Crippen molar-refractivity contribution in [1.29, 1.82) is 0 Å². The normalized spacial score (nSPS) is 16.6. The highest BCUT2D eigenvalue weighted by Gasteiger charge is 2.25. The largest absolute Gasteiger partial charge is 0.468 e. The summed E-state index contributed by atoms with van der Waals surface area (Å²) >= 11 is 12.0. The summed E-state index contributed by atoms with van der Waals surface area (Å²) in [6.07, 6.45) is 5.56. The average Bonchev–Trinajstić information content (AvgIpc) is 3.13. The van der Waals surface area contributed by atoms with E-state index in [1.807, 2.05) is 12.1 Å². The van der Waals surface area contributed by atoms with Crippen LogP contribution in [0.5, 0.6) is 0 Å². The highest BCUT2D eigenvalue weighted by atomic mass is 35.5. The lowest BCUT2D eigenvalue weighted by Gasteiger charge is -2.33. The Morgan fingerprint density at radius 3 is 2.68 bits per heavy atom. The third-order valence-corrected chi connectivity index (χ3v) is 5.15. The van der Waals surface area contributed by atoms with E-state index in [4.69, 9.17) is 27.6 Å². The molecule has 0 radical (unpaired) electrons. The summed E-state index contributed by atoms with van der Waals surface area (Å²) in [6, 6.07) is 9.13. The predicted molar refractivity (Wildman–Crippen MR) is 100 cm³/mol. The topological polar surface area (TPSA) is 45.5 Å². The summed E-state index contributed by atoms with van der Waals surface area (Å²) in [4.78, 5) is 14.7. The van der Waals surface area contributed by atoms with Gasteiger partial charge >= 0.3 is 0 Å². The maximum Gasteiger partial charge on any atom is 0.224 e. The van der Waals surface area contributed by atoms with Crippen molar-refractivity contribution in [2.75, 3.05) is 19.6 Å². The fourth-order valence-corrected chi connectivity index (χ4v) is 3.71. The Labute approximate surface area is 158 Å². The van der Waals surface area contributed by atoms with Gasteiger partial charge in [0.15, 0.2) is 0 Å². The number of carbonyl (C=O) groups excluding carboxylic acids is 1. The summed E-state index contributed by atoms with van der Waals surface area (Å²) in [7, 11) is 0. The van der Waals surface area contributed by atoms with Crippen LogP contribution in [-0.2, 0) is 11.2 Å². The van der Waals surface area contributed by atoms with E-state index in [9.17, 15) is 4.79 Å². The molecule has 1 aliphatic heterocycles. The van der Waals surface area contributed by atoms with Crippen LogP contribution >= 0.6 is 23.2 Å². The minimum Gasteiger partial charge on any atom is -0.468 e. The number of carbonyl (C=O) groups is 1. The first-order valence-corrected chi connectivity index (χ1v) is 9.37. The van der Waals surface area contributed by atoms with Crippen LogP contribution in [0.1, 0.15) is 36.6 Å². The number of hydrogen-bond acceptors (Lipinski definition) is 3. The van der Waals surface area contributed by atoms with Crippen LogP contribution in [0.4, 0.5) is 0 Å². The molecule has 0 aliphatic carbocycles. The lowest BCUT2D eigenvalue weighted by Crippen LogP contribution is -2.40. The summed E-state index contributed by atoms with van der Waals surface area (Å²) in [5, 5.41) is 4.11. The quantitative estimate of drug-likeness (QED) is 0.803. The van der Waals surface area contributed by atoms with Crippen LogP contribution in [0.3, 0.4) is 0 Å². The number of furan rings is 1. The van der Waals surface area contributed by atoms with Gasteiger partial charge in [-0.3, -0.25) is 9.69 Å². The van der Waals surface area contributed by atoms with Gasteiger partial charge in [-0.1, -0.05) is 35.7 Å². The zero-order valence-electron chi connectivity index (χ0n) is 14.0. The van der Waals surface area contributed by atoms with Gasteiger partial charge in [-0.2, -0.15) is 0 Å². The maximum absolute atomic E-state index is 12.4. The van der Waals surface area contributed by atoms with E-state index in [-0.39, 0.29) is 18.4 Å². The minimum atomic E-state index is -0.0576. The van der Waals surface area contributed by atoms with E-state index in [1.54, 1.807) is 24.5 Å². The Morgan fingerprint density at radius 1 is 1.20 bits per heavy atom. The number of likely N-dealkylation sites (tertiary alicyclic amines) is 1. The molecule has 1 aliphatic rings. The van der Waals surface area contributed by atoms with E-state index in [1.165, 1.54) is 19.3 Å². The highest BCUT2D eigenvalue weighted by Crippen LogP contribution is 2.25. The van der Waals surface area contributed by atoms with Crippen LogP contribution in [0.15, 0.2) is 41.0 Å². The first-order chi connectivity index (χ1) is 12.1. The number of halogens is 2. The van der Waals surface area contributed by atoms with E-state index >= 15 is 0 Å². The summed E-state index contributed by atoms with van der Waals surface area (Å²) < 4.78 is 5.60. The molecule has 1 N–H and O–H groups in total. The number of piperidine rings is 1. The lowest BCUT2D eigenvalue weighted by atomic mass is 10.1. The molecule has 0 saturated carbocycles. The minimum absolute atomic E-state index is 0.0576. The van der Waals surface area contributed by atoms with Crippen LogP contribution < -0.4 is 5.32 Å². The highest BCUT2D eigenvalue weighted by molar-refractivity contribution is 6.35. The van der Waals surface area contributed by atoms with E-state index < -0.39 is 0 Å². The van der Waals surface area contributed by atoms with Crippen molar-refractivity contribution < 1.29 is 9.21 Å². The van der Waals surface area contributed by atoms with E-state index in [0.29, 0.717) is 16.6 Å². The second-order valence-corrected chi connectivity index (χ2v) is 7.19. The second kappa shape index (κ2) is 8.75. The first kappa shape index (κ1) is 18.3. The van der Waals surface area contributed by atoms with Crippen molar-refractivity contribution in [3.8, 4) is 0 Å². The number of benzene rings is 1. The van der Waals surface area contributed by atoms with Crippen molar-refractivity contribution in [2.24, 2.45) is 0 Å². The van der Waals surface area contributed by atoms with Crippen molar-refractivity contribution in [3.05, 3.63) is 58.0 Å². The van der Waals surface area contributed by atoms with E-state index in [0.717, 1.165) is 24.4 Å². The molecule has 2 heterocycles. The van der Waals surface area contributed by atoms with Crippen molar-refractivity contribution in [3.63, 3.8) is 0 Å². The Balaban J connectivity index is 1.61. The van der Waals surface area contributed by atoms with Crippen molar-refractivity contribution >= 4 is 29.1 Å². The van der Waals surface area contributed by atoms with Gasteiger partial charge in [0.2, 0.25) is 5.91 Å². The number of amides is 1. The van der Waals surface area contributed by atoms with Gasteiger partial charge in [-0.05, 0) is 55.8 Å². The third-order valence-electron chi connectivity index (χ3n) is 4.56. The molecule has 1 aromatic carbocycles. The van der Waals surface area contributed by atoms with Gasteiger partial charge in [0.1, 0.15) is 5.76 Å². The van der Waals surface area contributed by atoms with Crippen molar-refractivity contribution in [1.82, 2.24) is 10.2 Å². The molecule has 6 heteroatoms. The van der Waals surface area contributed by atoms with Crippen molar-refractivity contribution in [2.45, 2.75) is 31.7 Å². The fraction of sp³-hybridized carbons (Fsp3) is 0.421. The van der Waals surface area contributed by atoms with E-state index in [2.05, 4.69) is 10.2 Å². The molecule has 2 aromatic rings. The van der Waals surface area contributed by atoms with Crippen LogP contribution in [0, 0.1) is 0 Å². The molecule has 1 atom stereocenters. The zero-order valence-corrected chi connectivity index (χ0v) is 15.5. The standard InChI is InChI=1S/C19H22Cl2N2O2/c20-15-7-6-14(16(21)12-15)11-19(24)22-13-17(18-5-4-10-25-18)23-8-2-1-3-9-23/h4-7,10,12,17H,1-3,8-9,11,13H2,(H,22,24)/t17-/m0/s1. The molecular weight excluding hydrogens is 359 g/mol. The Bertz CT molecular complexity index is 697. The molecule has 134 valence electrons. The molecule has 1 amide bonds. The molecule has 3 rings (SSSR count). The van der Waals surface area contributed by atoms with Gasteiger partial charge in [0.05, 0.1) is 18.7 Å². The summed E-state index contributed by atoms with van der Waals surface area (Å²) in [5.41, 5.74) is 0.774. The van der Waals surface area contributed by atoms with Crippen LogP contribution in [0.25, 0.3) is 0 Å². The molecule has 4 nitrogen and oxygen atoms in total. The number of nitrogens with zero attached hydrogens (tertiary/aromatic N) is 1. The fourth-order valence-electron chi connectivity index (χ4n) is 3.23. The third kappa shape index (κ3) is 5.00. The Kier molecular flexibility index (Phi) is 6.40. The van der Waals surface area contributed by atoms with Crippen LogP contribution in [0.2, 0.25) is 10.0 Å². The molecule has 1 fully saturated rings. The zero-order chi connectivity index (χ0) is 17.6. The van der Waals surface area contributed by atoms with Gasteiger partial charge in [-0.25, -0.2) is 0 Å². The monoisotopic (exact) mass is 380 g/mol. The molecule has 1 saturated heterocycles. The molecule has 0 spiro atoms. The molecular formula is C19H22Cl2N2O2. The number of rotatable bonds is 6. The van der Waals surface area contributed by atoms with Gasteiger partial charge in [0, 0.05) is 16.6 Å². The maximum atomic E-state index is 12.4. The van der Waals surface area contributed by atoms with Gasteiger partial charge in [-0.15, -0.1) is 0 Å². The first-order valence-electron chi connectivity index (χ1n) is 8.61. The Hall–Kier alpha value is -1.49. The second-order valence-electron chi connectivity index (χ2n) is 6.34. The number of nitrogens with one attached hydrogen (secondary N) is 1. The predicted octanol–water partition coefficient (Wildman–Crippen LogP) is 4.47. The van der Waals surface area contributed by atoms with Crippen LogP contribution in [-0.4, -0.2) is 30.4 Å². The molecule has 25 heavy (non-hydrogen) atoms. The van der Waals surface area contributed by atoms with Gasteiger partial charge < -0.3 is 9.73 Å². The molecule has 0 bridgehead atoms. The lowest BCUT2D eigenvalue weighted by molar-refractivity contribution is -0.120. The summed E-state index contributed by atoms with van der Waals surface area (Å²) in [6.45, 7) is 2.59. The Morgan fingerprint density at radius 2 is 2.00 bits per heavy atom. The SMILES string of the molecule is O=C(Cc1ccc(Cl)cc1Cl)NC[C@@H](c1ccco1)N1CCCCC1. The number of hydrogen-bond donors (Lipinski definition) is 1. The smallest absolute Gasteiger partial charge is 0.224 e.